The Hall–Kier alpha value is -1.10. The van der Waals surface area contributed by atoms with E-state index in [0.29, 0.717) is 6.54 Å². The summed E-state index contributed by atoms with van der Waals surface area (Å²) in [6, 6.07) is 2.45. The van der Waals surface area contributed by atoms with Gasteiger partial charge in [-0.3, -0.25) is 4.98 Å². The molecule has 1 aromatic heterocycles. The van der Waals surface area contributed by atoms with Crippen LogP contribution < -0.4 is 5.32 Å². The van der Waals surface area contributed by atoms with Crippen molar-refractivity contribution in [3.8, 4) is 0 Å². The largest absolute Gasteiger partial charge is 0.433 e. The van der Waals surface area contributed by atoms with Crippen LogP contribution in [0.25, 0.3) is 0 Å². The van der Waals surface area contributed by atoms with Gasteiger partial charge in [-0.15, -0.1) is 0 Å². The van der Waals surface area contributed by atoms with Crippen LogP contribution in [0.3, 0.4) is 0 Å². The highest BCUT2D eigenvalue weighted by atomic mass is 19.4. The third kappa shape index (κ3) is 3.87. The number of nitrogens with one attached hydrogen (secondary N) is 1. The zero-order chi connectivity index (χ0) is 11.3. The minimum absolute atomic E-state index is 0.555. The van der Waals surface area contributed by atoms with E-state index in [-0.39, 0.29) is 0 Å². The van der Waals surface area contributed by atoms with Gasteiger partial charge in [0, 0.05) is 12.7 Å². The Morgan fingerprint density at radius 3 is 2.53 bits per heavy atom. The van der Waals surface area contributed by atoms with Crippen molar-refractivity contribution in [1.82, 2.24) is 10.3 Å². The Morgan fingerprint density at radius 1 is 1.33 bits per heavy atom. The molecule has 0 unspecified atom stereocenters. The maximum Gasteiger partial charge on any atom is 0.433 e. The van der Waals surface area contributed by atoms with Crippen LogP contribution in [0, 0.1) is 0 Å². The summed E-state index contributed by atoms with van der Waals surface area (Å²) in [4.78, 5) is 3.36. The van der Waals surface area contributed by atoms with Crippen LogP contribution in [0.4, 0.5) is 13.2 Å². The molecule has 0 saturated carbocycles. The highest BCUT2D eigenvalue weighted by Gasteiger charge is 2.31. The second-order valence-corrected chi connectivity index (χ2v) is 3.23. The lowest BCUT2D eigenvalue weighted by Crippen LogP contribution is -2.14. The number of hydrogen-bond acceptors (Lipinski definition) is 2. The van der Waals surface area contributed by atoms with Crippen LogP contribution in [-0.4, -0.2) is 11.5 Å². The molecule has 0 aliphatic carbocycles. The molecule has 1 N–H and O–H groups in total. The van der Waals surface area contributed by atoms with Crippen molar-refractivity contribution in [1.29, 1.82) is 0 Å². The van der Waals surface area contributed by atoms with Gasteiger partial charge >= 0.3 is 6.18 Å². The SMILES string of the molecule is CCCNCc1ccc(C(F)(F)F)nc1. The Balaban J connectivity index is 2.57. The number of nitrogens with zero attached hydrogens (tertiary/aromatic N) is 1. The lowest BCUT2D eigenvalue weighted by atomic mass is 10.2. The van der Waals surface area contributed by atoms with Crippen molar-refractivity contribution < 1.29 is 13.2 Å². The Labute approximate surface area is 86.5 Å². The molecule has 1 heterocycles. The van der Waals surface area contributed by atoms with Gasteiger partial charge in [-0.25, -0.2) is 0 Å². The second kappa shape index (κ2) is 5.11. The third-order valence-corrected chi connectivity index (χ3v) is 1.87. The van der Waals surface area contributed by atoms with E-state index in [4.69, 9.17) is 0 Å². The van der Waals surface area contributed by atoms with E-state index in [2.05, 4.69) is 10.3 Å². The van der Waals surface area contributed by atoms with Gasteiger partial charge in [-0.05, 0) is 24.6 Å². The predicted molar refractivity (Wildman–Crippen MR) is 51.2 cm³/mol. The van der Waals surface area contributed by atoms with Crippen LogP contribution in [-0.2, 0) is 12.7 Å². The molecule has 84 valence electrons. The van der Waals surface area contributed by atoms with Crippen molar-refractivity contribution in [3.63, 3.8) is 0 Å². The number of rotatable bonds is 4. The predicted octanol–water partition coefficient (Wildman–Crippen LogP) is 2.60. The molecule has 0 spiro atoms. The van der Waals surface area contributed by atoms with Crippen molar-refractivity contribution in [2.24, 2.45) is 0 Å². The van der Waals surface area contributed by atoms with Crippen LogP contribution in [0.15, 0.2) is 18.3 Å². The summed E-state index contributed by atoms with van der Waals surface area (Å²) in [6.45, 7) is 3.43. The molecule has 0 saturated heterocycles. The molecule has 0 fully saturated rings. The molecular formula is C10H13F3N2. The fraction of sp³-hybridized carbons (Fsp3) is 0.500. The van der Waals surface area contributed by atoms with Crippen molar-refractivity contribution in [2.45, 2.75) is 26.1 Å². The molecule has 1 aromatic rings. The summed E-state index contributed by atoms with van der Waals surface area (Å²) in [5.41, 5.74) is -0.0850. The summed E-state index contributed by atoms with van der Waals surface area (Å²) in [5.74, 6) is 0. The fourth-order valence-corrected chi connectivity index (χ4v) is 1.11. The summed E-state index contributed by atoms with van der Waals surface area (Å²) >= 11 is 0. The quantitative estimate of drug-likeness (QED) is 0.786. The average Bonchev–Trinajstić information content (AvgIpc) is 2.18. The second-order valence-electron chi connectivity index (χ2n) is 3.23. The topological polar surface area (TPSA) is 24.9 Å². The van der Waals surface area contributed by atoms with Gasteiger partial charge in [0.1, 0.15) is 5.69 Å². The van der Waals surface area contributed by atoms with E-state index < -0.39 is 11.9 Å². The molecule has 0 aromatic carbocycles. The zero-order valence-electron chi connectivity index (χ0n) is 8.43. The molecule has 15 heavy (non-hydrogen) atoms. The molecule has 0 aliphatic rings. The van der Waals surface area contributed by atoms with E-state index in [1.807, 2.05) is 6.92 Å². The van der Waals surface area contributed by atoms with E-state index >= 15 is 0 Å². The van der Waals surface area contributed by atoms with E-state index in [1.54, 1.807) is 0 Å². The lowest BCUT2D eigenvalue weighted by molar-refractivity contribution is -0.141. The maximum absolute atomic E-state index is 12.1. The molecule has 1 rings (SSSR count). The first-order chi connectivity index (χ1) is 7.04. The van der Waals surface area contributed by atoms with Crippen LogP contribution >= 0.6 is 0 Å². The molecule has 0 aliphatic heterocycles. The fourth-order valence-electron chi connectivity index (χ4n) is 1.11. The molecular weight excluding hydrogens is 205 g/mol. The van der Waals surface area contributed by atoms with Crippen molar-refractivity contribution in [3.05, 3.63) is 29.6 Å². The summed E-state index contributed by atoms with van der Waals surface area (Å²) in [6.07, 6.45) is -2.10. The smallest absolute Gasteiger partial charge is 0.313 e. The monoisotopic (exact) mass is 218 g/mol. The normalized spacial score (nSPS) is 11.7. The van der Waals surface area contributed by atoms with Gasteiger partial charge in [0.05, 0.1) is 0 Å². The molecule has 5 heteroatoms. The highest BCUT2D eigenvalue weighted by Crippen LogP contribution is 2.27. The number of hydrogen-bond donors (Lipinski definition) is 1. The van der Waals surface area contributed by atoms with Gasteiger partial charge in [0.2, 0.25) is 0 Å². The van der Waals surface area contributed by atoms with E-state index in [9.17, 15) is 13.2 Å². The third-order valence-electron chi connectivity index (χ3n) is 1.87. The van der Waals surface area contributed by atoms with Crippen LogP contribution in [0.5, 0.6) is 0 Å². The number of pyridine rings is 1. The molecule has 2 nitrogen and oxygen atoms in total. The summed E-state index contributed by atoms with van der Waals surface area (Å²) in [7, 11) is 0. The van der Waals surface area contributed by atoms with Crippen molar-refractivity contribution >= 4 is 0 Å². The first kappa shape index (κ1) is 12.0. The molecule has 0 amide bonds. The molecule has 0 radical (unpaired) electrons. The zero-order valence-corrected chi connectivity index (χ0v) is 8.43. The maximum atomic E-state index is 12.1. The van der Waals surface area contributed by atoms with Crippen LogP contribution in [0.1, 0.15) is 24.6 Å². The van der Waals surface area contributed by atoms with E-state index in [1.165, 1.54) is 12.3 Å². The Bertz CT molecular complexity index is 293. The number of aromatic nitrogens is 1. The Morgan fingerprint density at radius 2 is 2.07 bits per heavy atom. The average molecular weight is 218 g/mol. The standard InChI is InChI=1S/C10H13F3N2/c1-2-5-14-6-8-3-4-9(15-7-8)10(11,12)13/h3-4,7,14H,2,5-6H2,1H3. The lowest BCUT2D eigenvalue weighted by Gasteiger charge is -2.06. The first-order valence-corrected chi connectivity index (χ1v) is 4.77. The summed E-state index contributed by atoms with van der Waals surface area (Å²) < 4.78 is 36.4. The van der Waals surface area contributed by atoms with Gasteiger partial charge in [-0.2, -0.15) is 13.2 Å². The minimum atomic E-state index is -4.35. The van der Waals surface area contributed by atoms with Crippen molar-refractivity contribution in [2.75, 3.05) is 6.54 Å². The Kier molecular flexibility index (Phi) is 4.08. The number of halogens is 3. The minimum Gasteiger partial charge on any atom is -0.313 e. The van der Waals surface area contributed by atoms with Gasteiger partial charge in [-0.1, -0.05) is 13.0 Å². The first-order valence-electron chi connectivity index (χ1n) is 4.77. The molecule has 0 bridgehead atoms. The highest BCUT2D eigenvalue weighted by molar-refractivity contribution is 5.15. The van der Waals surface area contributed by atoms with Gasteiger partial charge in [0.25, 0.3) is 0 Å². The van der Waals surface area contributed by atoms with Gasteiger partial charge < -0.3 is 5.32 Å². The van der Waals surface area contributed by atoms with Crippen LogP contribution in [0.2, 0.25) is 0 Å². The number of alkyl halides is 3. The van der Waals surface area contributed by atoms with Gasteiger partial charge in [0.15, 0.2) is 0 Å². The summed E-state index contributed by atoms with van der Waals surface area (Å²) in [5, 5.41) is 3.09. The molecule has 0 atom stereocenters. The van der Waals surface area contributed by atoms with E-state index in [0.717, 1.165) is 24.6 Å².